The molecule has 0 spiro atoms. The van der Waals surface area contributed by atoms with Gasteiger partial charge in [0.1, 0.15) is 11.6 Å². The number of sulfonamides is 1. The zero-order chi connectivity index (χ0) is 24.5. The molecule has 2 aromatic carbocycles. The van der Waals surface area contributed by atoms with E-state index in [2.05, 4.69) is 0 Å². The summed E-state index contributed by atoms with van der Waals surface area (Å²) in [6.45, 7) is 0.693. The lowest BCUT2D eigenvalue weighted by molar-refractivity contribution is -0.140. The highest BCUT2D eigenvalue weighted by Crippen LogP contribution is 2.39. The molecule has 176 valence electrons. The lowest BCUT2D eigenvalue weighted by atomic mass is 9.95. The SMILES string of the molecule is CN(C)CCN1C(=O)C(=O)C(=C(O)c2ccc(S(=O)(=O)N(C)C)cc2)[C@@H]1c1ccc(F)cc1. The third-order valence-electron chi connectivity index (χ3n) is 5.42. The summed E-state index contributed by atoms with van der Waals surface area (Å²) in [5.41, 5.74) is 0.529. The summed E-state index contributed by atoms with van der Waals surface area (Å²) in [7, 11) is 2.79. The highest BCUT2D eigenvalue weighted by molar-refractivity contribution is 7.89. The van der Waals surface area contributed by atoms with E-state index in [0.29, 0.717) is 12.1 Å². The Hall–Kier alpha value is -3.08. The average molecular weight is 476 g/mol. The van der Waals surface area contributed by atoms with E-state index < -0.39 is 39.3 Å². The van der Waals surface area contributed by atoms with Crippen LogP contribution in [-0.2, 0) is 19.6 Å². The molecular weight excluding hydrogens is 449 g/mol. The first-order chi connectivity index (χ1) is 15.4. The number of hydrogen-bond acceptors (Lipinski definition) is 6. The standard InChI is InChI=1S/C23H26FN3O5S/c1-25(2)13-14-27-20(15-5-9-17(24)10-6-15)19(22(29)23(27)30)21(28)16-7-11-18(12-8-16)33(31,32)26(3)4/h5-12,20,28H,13-14H2,1-4H3/t20-/m0/s1. The number of carbonyl (C=O) groups excluding carboxylic acids is 2. The van der Waals surface area contributed by atoms with Crippen LogP contribution in [0.25, 0.3) is 5.76 Å². The number of hydrogen-bond donors (Lipinski definition) is 1. The third kappa shape index (κ3) is 4.82. The quantitative estimate of drug-likeness (QED) is 0.374. The van der Waals surface area contributed by atoms with Crippen molar-refractivity contribution in [3.8, 4) is 0 Å². The van der Waals surface area contributed by atoms with Crippen LogP contribution in [0.1, 0.15) is 17.2 Å². The van der Waals surface area contributed by atoms with Gasteiger partial charge in [0, 0.05) is 32.7 Å². The number of benzene rings is 2. The van der Waals surface area contributed by atoms with Gasteiger partial charge < -0.3 is 14.9 Å². The Balaban J connectivity index is 2.11. The van der Waals surface area contributed by atoms with E-state index in [1.54, 1.807) is 0 Å². The second-order valence-electron chi connectivity index (χ2n) is 8.16. The minimum absolute atomic E-state index is 0.0190. The maximum absolute atomic E-state index is 13.5. The summed E-state index contributed by atoms with van der Waals surface area (Å²) >= 11 is 0. The number of halogens is 1. The predicted molar refractivity (Wildman–Crippen MR) is 121 cm³/mol. The van der Waals surface area contributed by atoms with Crippen LogP contribution in [0.4, 0.5) is 4.39 Å². The monoisotopic (exact) mass is 475 g/mol. The van der Waals surface area contributed by atoms with Crippen molar-refractivity contribution in [2.24, 2.45) is 0 Å². The average Bonchev–Trinajstić information content (AvgIpc) is 3.02. The van der Waals surface area contributed by atoms with Crippen LogP contribution in [0, 0.1) is 5.82 Å². The number of aliphatic hydroxyl groups is 1. The van der Waals surface area contributed by atoms with E-state index in [1.165, 1.54) is 67.5 Å². The number of likely N-dealkylation sites (N-methyl/N-ethyl adjacent to an activating group) is 1. The summed E-state index contributed by atoms with van der Waals surface area (Å²) in [5, 5.41) is 11.0. The van der Waals surface area contributed by atoms with Gasteiger partial charge in [-0.1, -0.05) is 12.1 Å². The Kier molecular flexibility index (Phi) is 7.01. The number of likely N-dealkylation sites (tertiary alicyclic amines) is 1. The summed E-state index contributed by atoms with van der Waals surface area (Å²) in [6.07, 6.45) is 0. The largest absolute Gasteiger partial charge is 0.507 e. The Bertz CT molecular complexity index is 1190. The van der Waals surface area contributed by atoms with Gasteiger partial charge in [0.25, 0.3) is 11.7 Å². The maximum Gasteiger partial charge on any atom is 0.295 e. The molecule has 0 aliphatic carbocycles. The molecule has 33 heavy (non-hydrogen) atoms. The predicted octanol–water partition coefficient (Wildman–Crippen LogP) is 2.06. The zero-order valence-corrected chi connectivity index (χ0v) is 19.6. The van der Waals surface area contributed by atoms with Crippen LogP contribution in [0.15, 0.2) is 59.0 Å². The number of carbonyl (C=O) groups is 2. The molecule has 1 heterocycles. The number of nitrogens with zero attached hydrogens (tertiary/aromatic N) is 3. The zero-order valence-electron chi connectivity index (χ0n) is 18.8. The van der Waals surface area contributed by atoms with Gasteiger partial charge >= 0.3 is 0 Å². The second kappa shape index (κ2) is 9.42. The highest BCUT2D eigenvalue weighted by Gasteiger charge is 2.45. The maximum atomic E-state index is 13.5. The van der Waals surface area contributed by atoms with Crippen LogP contribution in [-0.4, -0.2) is 80.6 Å². The molecule has 0 bridgehead atoms. The molecule has 2 aromatic rings. The van der Waals surface area contributed by atoms with E-state index in [1.807, 2.05) is 19.0 Å². The number of rotatable bonds is 7. The normalized spacial score (nSPS) is 18.5. The second-order valence-corrected chi connectivity index (χ2v) is 10.3. The van der Waals surface area contributed by atoms with Gasteiger partial charge in [0.15, 0.2) is 0 Å². The van der Waals surface area contributed by atoms with Crippen molar-refractivity contribution in [3.05, 3.63) is 71.0 Å². The molecule has 1 aliphatic rings. The summed E-state index contributed by atoms with van der Waals surface area (Å²) in [6, 6.07) is 9.87. The van der Waals surface area contributed by atoms with E-state index >= 15 is 0 Å². The molecule has 1 amide bonds. The molecule has 8 nitrogen and oxygen atoms in total. The molecule has 0 radical (unpaired) electrons. The molecule has 1 aliphatic heterocycles. The van der Waals surface area contributed by atoms with Crippen molar-refractivity contribution in [3.63, 3.8) is 0 Å². The van der Waals surface area contributed by atoms with E-state index in [0.717, 1.165) is 4.31 Å². The lowest BCUT2D eigenvalue weighted by Gasteiger charge is -2.26. The molecule has 1 saturated heterocycles. The number of aliphatic hydroxyl groups excluding tert-OH is 1. The van der Waals surface area contributed by atoms with Crippen LogP contribution < -0.4 is 0 Å². The minimum atomic E-state index is -3.67. The van der Waals surface area contributed by atoms with Gasteiger partial charge in [-0.15, -0.1) is 0 Å². The third-order valence-corrected chi connectivity index (χ3v) is 7.25. The summed E-state index contributed by atoms with van der Waals surface area (Å²) in [4.78, 5) is 29.0. The fourth-order valence-electron chi connectivity index (χ4n) is 3.56. The van der Waals surface area contributed by atoms with Crippen molar-refractivity contribution in [1.29, 1.82) is 0 Å². The van der Waals surface area contributed by atoms with Crippen LogP contribution in [0.5, 0.6) is 0 Å². The van der Waals surface area contributed by atoms with Crippen LogP contribution >= 0.6 is 0 Å². The van der Waals surface area contributed by atoms with E-state index in [9.17, 15) is 27.5 Å². The van der Waals surface area contributed by atoms with Gasteiger partial charge in [0.2, 0.25) is 10.0 Å². The van der Waals surface area contributed by atoms with E-state index in [4.69, 9.17) is 0 Å². The topological polar surface area (TPSA) is 98.2 Å². The number of ketones is 1. The van der Waals surface area contributed by atoms with Gasteiger partial charge in [-0.2, -0.15) is 0 Å². The van der Waals surface area contributed by atoms with Crippen LogP contribution in [0.2, 0.25) is 0 Å². The van der Waals surface area contributed by atoms with E-state index in [-0.39, 0.29) is 22.6 Å². The molecule has 0 aromatic heterocycles. The van der Waals surface area contributed by atoms with Crippen molar-refractivity contribution < 1.29 is 27.5 Å². The fourth-order valence-corrected chi connectivity index (χ4v) is 4.46. The van der Waals surface area contributed by atoms with Crippen LogP contribution in [0.3, 0.4) is 0 Å². The molecule has 0 unspecified atom stereocenters. The lowest BCUT2D eigenvalue weighted by Crippen LogP contribution is -2.35. The molecule has 10 heteroatoms. The minimum Gasteiger partial charge on any atom is -0.507 e. The summed E-state index contributed by atoms with van der Waals surface area (Å²) < 4.78 is 39.2. The van der Waals surface area contributed by atoms with Crippen molar-refractivity contribution in [1.82, 2.24) is 14.1 Å². The smallest absolute Gasteiger partial charge is 0.295 e. The molecule has 0 saturated carbocycles. The van der Waals surface area contributed by atoms with Crippen molar-refractivity contribution >= 4 is 27.5 Å². The summed E-state index contributed by atoms with van der Waals surface area (Å²) in [5.74, 6) is -2.52. The molecule has 1 fully saturated rings. The first-order valence-corrected chi connectivity index (χ1v) is 11.6. The van der Waals surface area contributed by atoms with Gasteiger partial charge in [-0.3, -0.25) is 9.59 Å². The van der Waals surface area contributed by atoms with Gasteiger partial charge in [0.05, 0.1) is 16.5 Å². The Morgan fingerprint density at radius 1 is 1.00 bits per heavy atom. The Labute approximate surface area is 192 Å². The molecular formula is C23H26FN3O5S. The fraction of sp³-hybridized carbons (Fsp3) is 0.304. The molecule has 1 atom stereocenters. The molecule has 1 N–H and O–H groups in total. The van der Waals surface area contributed by atoms with Gasteiger partial charge in [-0.05, 0) is 56.1 Å². The first-order valence-electron chi connectivity index (χ1n) is 10.2. The number of Topliss-reactive ketones (excluding diaryl/α,β-unsaturated/α-hetero) is 1. The number of amides is 1. The van der Waals surface area contributed by atoms with Crippen molar-refractivity contribution in [2.45, 2.75) is 10.9 Å². The Morgan fingerprint density at radius 2 is 1.58 bits per heavy atom. The van der Waals surface area contributed by atoms with Gasteiger partial charge in [-0.25, -0.2) is 17.1 Å². The van der Waals surface area contributed by atoms with Crippen molar-refractivity contribution in [2.75, 3.05) is 41.3 Å². The first kappa shape index (κ1) is 24.6. The Morgan fingerprint density at radius 3 is 2.09 bits per heavy atom. The highest BCUT2D eigenvalue weighted by atomic mass is 32.2. The molecule has 3 rings (SSSR count).